The highest BCUT2D eigenvalue weighted by molar-refractivity contribution is 5.84. The molecule has 0 saturated heterocycles. The van der Waals surface area contributed by atoms with Gasteiger partial charge in [-0.05, 0) is 49.2 Å². The average molecular weight is 294 g/mol. The van der Waals surface area contributed by atoms with E-state index in [1.807, 2.05) is 19.2 Å². The molecular weight excluding hydrogens is 272 g/mol. The van der Waals surface area contributed by atoms with Crippen LogP contribution in [0.2, 0.25) is 0 Å². The van der Waals surface area contributed by atoms with Crippen molar-refractivity contribution in [1.29, 1.82) is 0 Å². The molecule has 0 aliphatic carbocycles. The van der Waals surface area contributed by atoms with E-state index in [-0.39, 0.29) is 0 Å². The maximum Gasteiger partial charge on any atom is 0.120 e. The SMILES string of the molecule is CN[C@H](Cc1c[nH]c2cc(OC)ccc12)c1ccccc1C. The number of likely N-dealkylation sites (N-methyl/N-ethyl adjacent to an activating group) is 1. The van der Waals surface area contributed by atoms with Crippen LogP contribution < -0.4 is 10.1 Å². The van der Waals surface area contributed by atoms with Crippen LogP contribution in [0.4, 0.5) is 0 Å². The Kier molecular flexibility index (Phi) is 4.16. The molecule has 3 heteroatoms. The Hall–Kier alpha value is -2.26. The lowest BCUT2D eigenvalue weighted by molar-refractivity contribution is 0.415. The smallest absolute Gasteiger partial charge is 0.120 e. The Morgan fingerprint density at radius 3 is 2.73 bits per heavy atom. The Balaban J connectivity index is 1.93. The summed E-state index contributed by atoms with van der Waals surface area (Å²) in [7, 11) is 3.72. The topological polar surface area (TPSA) is 37.0 Å². The molecule has 3 nitrogen and oxygen atoms in total. The minimum atomic E-state index is 0.308. The molecule has 0 saturated carbocycles. The molecule has 1 aromatic heterocycles. The third kappa shape index (κ3) is 2.72. The lowest BCUT2D eigenvalue weighted by atomic mass is 9.95. The predicted molar refractivity (Wildman–Crippen MR) is 91.5 cm³/mol. The highest BCUT2D eigenvalue weighted by Crippen LogP contribution is 2.28. The number of hydrogen-bond acceptors (Lipinski definition) is 2. The van der Waals surface area contributed by atoms with Gasteiger partial charge in [-0.15, -0.1) is 0 Å². The van der Waals surface area contributed by atoms with Gasteiger partial charge < -0.3 is 15.0 Å². The molecular formula is C19H22N2O. The van der Waals surface area contributed by atoms with E-state index < -0.39 is 0 Å². The lowest BCUT2D eigenvalue weighted by Crippen LogP contribution is -2.19. The third-order valence-corrected chi connectivity index (χ3v) is 4.31. The van der Waals surface area contributed by atoms with Crippen LogP contribution in [-0.2, 0) is 6.42 Å². The number of H-pyrrole nitrogens is 1. The molecule has 3 rings (SSSR count). The summed E-state index contributed by atoms with van der Waals surface area (Å²) in [5.41, 5.74) is 5.12. The Labute approximate surface area is 131 Å². The van der Waals surface area contributed by atoms with Gasteiger partial charge in [0, 0.05) is 29.2 Å². The normalized spacial score (nSPS) is 12.5. The number of aryl methyl sites for hydroxylation is 1. The van der Waals surface area contributed by atoms with Crippen molar-refractivity contribution in [3.63, 3.8) is 0 Å². The van der Waals surface area contributed by atoms with E-state index >= 15 is 0 Å². The third-order valence-electron chi connectivity index (χ3n) is 4.31. The van der Waals surface area contributed by atoms with Gasteiger partial charge in [-0.2, -0.15) is 0 Å². The molecule has 2 N–H and O–H groups in total. The summed E-state index contributed by atoms with van der Waals surface area (Å²) in [6, 6.07) is 15.1. The highest BCUT2D eigenvalue weighted by Gasteiger charge is 2.14. The molecule has 0 spiro atoms. The number of ether oxygens (including phenoxy) is 1. The van der Waals surface area contributed by atoms with E-state index in [0.717, 1.165) is 17.7 Å². The number of aromatic amines is 1. The number of nitrogens with one attached hydrogen (secondary N) is 2. The van der Waals surface area contributed by atoms with Crippen molar-refractivity contribution in [2.45, 2.75) is 19.4 Å². The summed E-state index contributed by atoms with van der Waals surface area (Å²) in [5, 5.41) is 4.71. The van der Waals surface area contributed by atoms with E-state index in [0.29, 0.717) is 6.04 Å². The first-order chi connectivity index (χ1) is 10.7. The van der Waals surface area contributed by atoms with E-state index in [1.54, 1.807) is 7.11 Å². The largest absolute Gasteiger partial charge is 0.497 e. The molecule has 0 radical (unpaired) electrons. The van der Waals surface area contributed by atoms with Crippen LogP contribution >= 0.6 is 0 Å². The fourth-order valence-corrected chi connectivity index (χ4v) is 3.03. The molecule has 3 aromatic rings. The zero-order chi connectivity index (χ0) is 15.5. The molecule has 2 aromatic carbocycles. The first-order valence-electron chi connectivity index (χ1n) is 7.59. The first kappa shape index (κ1) is 14.7. The standard InChI is InChI=1S/C19H22N2O/c1-13-6-4-5-7-16(13)18(20-2)10-14-12-21-19-11-15(22-3)8-9-17(14)19/h4-9,11-12,18,20-21H,10H2,1-3H3/t18-/m1/s1. The van der Waals surface area contributed by atoms with Gasteiger partial charge in [0.05, 0.1) is 7.11 Å². The van der Waals surface area contributed by atoms with Gasteiger partial charge in [-0.25, -0.2) is 0 Å². The second-order valence-electron chi connectivity index (χ2n) is 5.63. The molecule has 22 heavy (non-hydrogen) atoms. The van der Waals surface area contributed by atoms with E-state index in [1.165, 1.54) is 22.1 Å². The van der Waals surface area contributed by atoms with Crippen LogP contribution in [0.1, 0.15) is 22.7 Å². The molecule has 1 atom stereocenters. The van der Waals surface area contributed by atoms with Crippen LogP contribution in [-0.4, -0.2) is 19.1 Å². The molecule has 0 aliphatic heterocycles. The van der Waals surface area contributed by atoms with Crippen molar-refractivity contribution in [2.75, 3.05) is 14.2 Å². The summed E-state index contributed by atoms with van der Waals surface area (Å²) in [6.45, 7) is 2.17. The molecule has 0 unspecified atom stereocenters. The van der Waals surface area contributed by atoms with Crippen LogP contribution in [0.25, 0.3) is 10.9 Å². The zero-order valence-corrected chi connectivity index (χ0v) is 13.3. The second kappa shape index (κ2) is 6.24. The van der Waals surface area contributed by atoms with Crippen molar-refractivity contribution in [3.8, 4) is 5.75 Å². The molecule has 0 amide bonds. The average Bonchev–Trinajstić information content (AvgIpc) is 2.95. The second-order valence-corrected chi connectivity index (χ2v) is 5.63. The van der Waals surface area contributed by atoms with Crippen LogP contribution in [0.15, 0.2) is 48.7 Å². The summed E-state index contributed by atoms with van der Waals surface area (Å²) >= 11 is 0. The highest BCUT2D eigenvalue weighted by atomic mass is 16.5. The zero-order valence-electron chi connectivity index (χ0n) is 13.3. The first-order valence-corrected chi connectivity index (χ1v) is 7.59. The van der Waals surface area contributed by atoms with E-state index in [2.05, 4.69) is 53.8 Å². The number of fused-ring (bicyclic) bond motifs is 1. The lowest BCUT2D eigenvalue weighted by Gasteiger charge is -2.18. The van der Waals surface area contributed by atoms with E-state index in [9.17, 15) is 0 Å². The van der Waals surface area contributed by atoms with Crippen molar-refractivity contribution in [2.24, 2.45) is 0 Å². The Morgan fingerprint density at radius 2 is 2.00 bits per heavy atom. The minimum Gasteiger partial charge on any atom is -0.497 e. The predicted octanol–water partition coefficient (Wildman–Crippen LogP) is 3.99. The van der Waals surface area contributed by atoms with Gasteiger partial charge in [-0.3, -0.25) is 0 Å². The maximum absolute atomic E-state index is 5.29. The number of methoxy groups -OCH3 is 1. The minimum absolute atomic E-state index is 0.308. The summed E-state index contributed by atoms with van der Waals surface area (Å²) in [6.07, 6.45) is 3.06. The van der Waals surface area contributed by atoms with Crippen molar-refractivity contribution < 1.29 is 4.74 Å². The summed E-state index contributed by atoms with van der Waals surface area (Å²) in [4.78, 5) is 3.35. The van der Waals surface area contributed by atoms with Crippen LogP contribution in [0.5, 0.6) is 5.75 Å². The number of rotatable bonds is 5. The number of benzene rings is 2. The maximum atomic E-state index is 5.29. The molecule has 0 fully saturated rings. The monoisotopic (exact) mass is 294 g/mol. The Morgan fingerprint density at radius 1 is 1.18 bits per heavy atom. The van der Waals surface area contributed by atoms with Gasteiger partial charge in [-0.1, -0.05) is 24.3 Å². The molecule has 1 heterocycles. The van der Waals surface area contributed by atoms with Gasteiger partial charge in [0.1, 0.15) is 5.75 Å². The Bertz CT molecular complexity index is 776. The number of hydrogen-bond donors (Lipinski definition) is 2. The fourth-order valence-electron chi connectivity index (χ4n) is 3.03. The van der Waals surface area contributed by atoms with Gasteiger partial charge in [0.25, 0.3) is 0 Å². The van der Waals surface area contributed by atoms with Crippen molar-refractivity contribution >= 4 is 10.9 Å². The number of aromatic nitrogens is 1. The summed E-state index contributed by atoms with van der Waals surface area (Å²) < 4.78 is 5.29. The van der Waals surface area contributed by atoms with Crippen LogP contribution in [0.3, 0.4) is 0 Å². The van der Waals surface area contributed by atoms with Gasteiger partial charge >= 0.3 is 0 Å². The molecule has 0 aliphatic rings. The van der Waals surface area contributed by atoms with Gasteiger partial charge in [0.15, 0.2) is 0 Å². The fraction of sp³-hybridized carbons (Fsp3) is 0.263. The quantitative estimate of drug-likeness (QED) is 0.746. The van der Waals surface area contributed by atoms with Crippen molar-refractivity contribution in [1.82, 2.24) is 10.3 Å². The van der Waals surface area contributed by atoms with Crippen LogP contribution in [0, 0.1) is 6.92 Å². The summed E-state index contributed by atoms with van der Waals surface area (Å²) in [5.74, 6) is 0.880. The van der Waals surface area contributed by atoms with E-state index in [4.69, 9.17) is 4.74 Å². The molecule has 114 valence electrons. The molecule has 0 bridgehead atoms. The van der Waals surface area contributed by atoms with Gasteiger partial charge in [0.2, 0.25) is 0 Å². The van der Waals surface area contributed by atoms with Crippen molar-refractivity contribution in [3.05, 3.63) is 65.4 Å².